The summed E-state index contributed by atoms with van der Waals surface area (Å²) in [5, 5.41) is 3.34. The van der Waals surface area contributed by atoms with Crippen LogP contribution in [0.2, 0.25) is 0 Å². The van der Waals surface area contributed by atoms with Crippen molar-refractivity contribution < 1.29 is 9.47 Å². The third kappa shape index (κ3) is 3.15. The van der Waals surface area contributed by atoms with E-state index in [1.807, 2.05) is 43.3 Å². The molecule has 20 heavy (non-hydrogen) atoms. The van der Waals surface area contributed by atoms with E-state index in [1.165, 1.54) is 0 Å². The van der Waals surface area contributed by atoms with Gasteiger partial charge in [-0.15, -0.1) is 0 Å². The molecule has 0 spiro atoms. The van der Waals surface area contributed by atoms with Crippen LogP contribution in [0.1, 0.15) is 11.1 Å². The van der Waals surface area contributed by atoms with Gasteiger partial charge in [-0.05, 0) is 36.8 Å². The first-order chi connectivity index (χ1) is 9.63. The lowest BCUT2D eigenvalue weighted by molar-refractivity contribution is 0.391. The van der Waals surface area contributed by atoms with Crippen molar-refractivity contribution in [3.8, 4) is 11.5 Å². The Kier molecular flexibility index (Phi) is 4.35. The summed E-state index contributed by atoms with van der Waals surface area (Å²) < 4.78 is 10.6. The topological polar surface area (TPSA) is 56.5 Å². The first-order valence-electron chi connectivity index (χ1n) is 6.45. The summed E-state index contributed by atoms with van der Waals surface area (Å²) in [5.41, 5.74) is 9.83. The summed E-state index contributed by atoms with van der Waals surface area (Å²) in [6.45, 7) is 2.65. The van der Waals surface area contributed by atoms with Gasteiger partial charge in [-0.3, -0.25) is 0 Å². The fourth-order valence-corrected chi connectivity index (χ4v) is 1.95. The Balaban J connectivity index is 2.12. The van der Waals surface area contributed by atoms with Crippen LogP contribution < -0.4 is 20.5 Å². The van der Waals surface area contributed by atoms with Crippen molar-refractivity contribution in [3.05, 3.63) is 47.5 Å². The molecule has 4 heteroatoms. The molecule has 2 rings (SSSR count). The summed E-state index contributed by atoms with van der Waals surface area (Å²) >= 11 is 0. The Hall–Kier alpha value is -2.36. The molecule has 0 unspecified atom stereocenters. The molecule has 2 aromatic rings. The number of nitrogens with two attached hydrogens (primary N) is 1. The molecule has 0 amide bonds. The lowest BCUT2D eigenvalue weighted by Crippen LogP contribution is -2.03. The van der Waals surface area contributed by atoms with Gasteiger partial charge in [0.25, 0.3) is 0 Å². The van der Waals surface area contributed by atoms with Crippen molar-refractivity contribution in [1.29, 1.82) is 0 Å². The van der Waals surface area contributed by atoms with Crippen LogP contribution in [0.15, 0.2) is 36.4 Å². The zero-order chi connectivity index (χ0) is 14.5. The van der Waals surface area contributed by atoms with Crippen molar-refractivity contribution in [2.75, 3.05) is 25.3 Å². The standard InChI is InChI=1S/C16H20N2O2/c1-11-4-6-13(8-15(11)17)18-10-12-5-7-14(19-2)9-16(12)20-3/h4-9,18H,10,17H2,1-3H3. The Labute approximate surface area is 119 Å². The van der Waals surface area contributed by atoms with Gasteiger partial charge < -0.3 is 20.5 Å². The Morgan fingerprint density at radius 1 is 1.05 bits per heavy atom. The van der Waals surface area contributed by atoms with Crippen LogP contribution in [0.3, 0.4) is 0 Å². The maximum atomic E-state index is 5.90. The van der Waals surface area contributed by atoms with Crippen LogP contribution in [0.5, 0.6) is 11.5 Å². The highest BCUT2D eigenvalue weighted by atomic mass is 16.5. The number of nitrogen functional groups attached to an aromatic ring is 1. The van der Waals surface area contributed by atoms with Crippen LogP contribution >= 0.6 is 0 Å². The van der Waals surface area contributed by atoms with Crippen molar-refractivity contribution in [3.63, 3.8) is 0 Å². The SMILES string of the molecule is COc1ccc(CNc2ccc(C)c(N)c2)c(OC)c1. The van der Waals surface area contributed by atoms with Gasteiger partial charge in [0, 0.05) is 29.5 Å². The van der Waals surface area contributed by atoms with Crippen molar-refractivity contribution in [2.45, 2.75) is 13.5 Å². The largest absolute Gasteiger partial charge is 0.497 e. The molecule has 0 radical (unpaired) electrons. The monoisotopic (exact) mass is 272 g/mol. The summed E-state index contributed by atoms with van der Waals surface area (Å²) in [6.07, 6.45) is 0. The van der Waals surface area contributed by atoms with Gasteiger partial charge in [0.2, 0.25) is 0 Å². The van der Waals surface area contributed by atoms with E-state index in [-0.39, 0.29) is 0 Å². The van der Waals surface area contributed by atoms with Gasteiger partial charge in [0.15, 0.2) is 0 Å². The fraction of sp³-hybridized carbons (Fsp3) is 0.250. The Morgan fingerprint density at radius 3 is 2.50 bits per heavy atom. The number of anilines is 2. The lowest BCUT2D eigenvalue weighted by atomic mass is 10.1. The number of hydrogen-bond acceptors (Lipinski definition) is 4. The van der Waals surface area contributed by atoms with E-state index in [9.17, 15) is 0 Å². The van der Waals surface area contributed by atoms with Gasteiger partial charge in [0.1, 0.15) is 11.5 Å². The molecule has 0 saturated heterocycles. The molecule has 0 saturated carbocycles. The van der Waals surface area contributed by atoms with E-state index in [0.29, 0.717) is 6.54 Å². The number of ether oxygens (including phenoxy) is 2. The van der Waals surface area contributed by atoms with Crippen LogP contribution in [-0.2, 0) is 6.54 Å². The van der Waals surface area contributed by atoms with Crippen LogP contribution in [0, 0.1) is 6.92 Å². The number of aryl methyl sites for hydroxylation is 1. The molecule has 4 nitrogen and oxygen atoms in total. The highest BCUT2D eigenvalue weighted by Crippen LogP contribution is 2.26. The summed E-state index contributed by atoms with van der Waals surface area (Å²) in [5.74, 6) is 1.59. The highest BCUT2D eigenvalue weighted by Gasteiger charge is 2.05. The van der Waals surface area contributed by atoms with Gasteiger partial charge in [-0.1, -0.05) is 6.07 Å². The maximum Gasteiger partial charge on any atom is 0.127 e. The summed E-state index contributed by atoms with van der Waals surface area (Å²) in [4.78, 5) is 0. The molecule has 0 heterocycles. The number of hydrogen-bond donors (Lipinski definition) is 2. The first kappa shape index (κ1) is 14.1. The average Bonchev–Trinajstić information content (AvgIpc) is 2.48. The lowest BCUT2D eigenvalue weighted by Gasteiger charge is -2.12. The zero-order valence-corrected chi connectivity index (χ0v) is 12.1. The van der Waals surface area contributed by atoms with Gasteiger partial charge >= 0.3 is 0 Å². The summed E-state index contributed by atoms with van der Waals surface area (Å²) in [6, 6.07) is 11.7. The molecule has 106 valence electrons. The minimum Gasteiger partial charge on any atom is -0.497 e. The smallest absolute Gasteiger partial charge is 0.127 e. The predicted molar refractivity (Wildman–Crippen MR) is 82.5 cm³/mol. The molecule has 0 atom stereocenters. The fourth-order valence-electron chi connectivity index (χ4n) is 1.95. The number of benzene rings is 2. The molecule has 2 aromatic carbocycles. The molecule has 0 aliphatic rings. The van der Waals surface area contributed by atoms with Crippen LogP contribution in [0.4, 0.5) is 11.4 Å². The van der Waals surface area contributed by atoms with E-state index >= 15 is 0 Å². The maximum absolute atomic E-state index is 5.90. The highest BCUT2D eigenvalue weighted by molar-refractivity contribution is 5.58. The minimum absolute atomic E-state index is 0.662. The van der Waals surface area contributed by atoms with E-state index in [1.54, 1.807) is 14.2 Å². The Morgan fingerprint density at radius 2 is 1.85 bits per heavy atom. The second-order valence-corrected chi connectivity index (χ2v) is 4.60. The molecule has 3 N–H and O–H groups in total. The van der Waals surface area contributed by atoms with Gasteiger partial charge in [-0.2, -0.15) is 0 Å². The second-order valence-electron chi connectivity index (χ2n) is 4.60. The molecule has 0 bridgehead atoms. The van der Waals surface area contributed by atoms with Gasteiger partial charge in [0.05, 0.1) is 14.2 Å². The average molecular weight is 272 g/mol. The van der Waals surface area contributed by atoms with E-state index in [0.717, 1.165) is 34.0 Å². The molecule has 0 aliphatic heterocycles. The predicted octanol–water partition coefficient (Wildman–Crippen LogP) is 3.21. The third-order valence-corrected chi connectivity index (χ3v) is 3.26. The van der Waals surface area contributed by atoms with E-state index in [2.05, 4.69) is 5.32 Å². The van der Waals surface area contributed by atoms with Crippen molar-refractivity contribution in [2.24, 2.45) is 0 Å². The quantitative estimate of drug-likeness (QED) is 0.821. The van der Waals surface area contributed by atoms with Crippen LogP contribution in [-0.4, -0.2) is 14.2 Å². The van der Waals surface area contributed by atoms with Crippen molar-refractivity contribution in [1.82, 2.24) is 0 Å². The second kappa shape index (κ2) is 6.19. The molecule has 0 aromatic heterocycles. The van der Waals surface area contributed by atoms with Crippen molar-refractivity contribution >= 4 is 11.4 Å². The number of rotatable bonds is 5. The molecular formula is C16H20N2O2. The summed E-state index contributed by atoms with van der Waals surface area (Å²) in [7, 11) is 3.30. The van der Waals surface area contributed by atoms with E-state index < -0.39 is 0 Å². The van der Waals surface area contributed by atoms with Gasteiger partial charge in [-0.25, -0.2) is 0 Å². The van der Waals surface area contributed by atoms with E-state index in [4.69, 9.17) is 15.2 Å². The normalized spacial score (nSPS) is 10.2. The number of methoxy groups -OCH3 is 2. The first-order valence-corrected chi connectivity index (χ1v) is 6.45. The Bertz CT molecular complexity index is 597. The third-order valence-electron chi connectivity index (χ3n) is 3.26. The van der Waals surface area contributed by atoms with Crippen LogP contribution in [0.25, 0.3) is 0 Å². The molecule has 0 aliphatic carbocycles. The molecular weight excluding hydrogens is 252 g/mol. The zero-order valence-electron chi connectivity index (χ0n) is 12.1. The minimum atomic E-state index is 0.662. The molecule has 0 fully saturated rings. The number of nitrogens with one attached hydrogen (secondary N) is 1.